The van der Waals surface area contributed by atoms with E-state index in [1.54, 1.807) is 11.3 Å². The number of ether oxygens (including phenoxy) is 2. The number of anilines is 1. The molecule has 142 valence electrons. The van der Waals surface area contributed by atoms with Crippen LogP contribution in [0, 0.1) is 0 Å². The fraction of sp³-hybridized carbons (Fsp3) is 0.333. The van der Waals surface area contributed by atoms with Gasteiger partial charge in [0.25, 0.3) is 0 Å². The second-order valence-corrected chi connectivity index (χ2v) is 7.12. The van der Waals surface area contributed by atoms with Gasteiger partial charge in [-0.05, 0) is 18.2 Å². The summed E-state index contributed by atoms with van der Waals surface area (Å²) in [5.74, 6) is 0.141. The minimum Gasteiger partial charge on any atom is -0.470 e. The van der Waals surface area contributed by atoms with E-state index in [-0.39, 0.29) is 12.0 Å². The molecule has 1 saturated heterocycles. The Morgan fingerprint density at radius 3 is 2.78 bits per heavy atom. The van der Waals surface area contributed by atoms with E-state index in [1.165, 1.54) is 6.07 Å². The molecule has 0 N–H and O–H groups in total. The van der Waals surface area contributed by atoms with E-state index < -0.39 is 11.7 Å². The summed E-state index contributed by atoms with van der Waals surface area (Å²) in [7, 11) is 0. The first kappa shape index (κ1) is 18.0. The third-order valence-electron chi connectivity index (χ3n) is 4.14. The van der Waals surface area contributed by atoms with E-state index in [0.29, 0.717) is 26.3 Å². The molecule has 0 bridgehead atoms. The molecule has 2 aromatic heterocycles. The Bertz CT molecular complexity index is 881. The van der Waals surface area contributed by atoms with Gasteiger partial charge >= 0.3 is 6.18 Å². The standard InChI is InChI=1S/C18H16F3N3O2S/c19-18(20,21)12-5-6-16(22-9-12)26-13-10-24(7-8-25-11-13)17-23-14-3-1-2-4-15(14)27-17/h1-6,9,13H,7-8,10-11H2/t13-/m1/s1. The van der Waals surface area contributed by atoms with Crippen molar-refractivity contribution >= 4 is 26.7 Å². The molecule has 1 atom stereocenters. The molecule has 0 amide bonds. The maximum atomic E-state index is 12.6. The summed E-state index contributed by atoms with van der Waals surface area (Å²) in [6, 6.07) is 10.1. The van der Waals surface area contributed by atoms with Crippen molar-refractivity contribution in [2.24, 2.45) is 0 Å². The van der Waals surface area contributed by atoms with Crippen LogP contribution in [0.2, 0.25) is 0 Å². The van der Waals surface area contributed by atoms with Gasteiger partial charge in [-0.25, -0.2) is 9.97 Å². The van der Waals surface area contributed by atoms with Crippen LogP contribution >= 0.6 is 11.3 Å². The summed E-state index contributed by atoms with van der Waals surface area (Å²) >= 11 is 1.59. The van der Waals surface area contributed by atoms with Crippen LogP contribution in [0.4, 0.5) is 18.3 Å². The summed E-state index contributed by atoms with van der Waals surface area (Å²) in [6.07, 6.45) is -4.00. The zero-order chi connectivity index (χ0) is 18.9. The van der Waals surface area contributed by atoms with E-state index in [9.17, 15) is 13.2 Å². The van der Waals surface area contributed by atoms with Crippen LogP contribution in [0.15, 0.2) is 42.6 Å². The topological polar surface area (TPSA) is 47.5 Å². The lowest BCUT2D eigenvalue weighted by atomic mass is 10.3. The second kappa shape index (κ2) is 7.32. The van der Waals surface area contributed by atoms with Crippen molar-refractivity contribution in [3.63, 3.8) is 0 Å². The van der Waals surface area contributed by atoms with Crippen molar-refractivity contribution in [2.45, 2.75) is 12.3 Å². The number of rotatable bonds is 3. The quantitative estimate of drug-likeness (QED) is 0.671. The summed E-state index contributed by atoms with van der Waals surface area (Å²) < 4.78 is 50.4. The number of hydrogen-bond donors (Lipinski definition) is 0. The first-order valence-corrected chi connectivity index (χ1v) is 9.19. The number of para-hydroxylation sites is 1. The minimum atomic E-state index is -4.42. The predicted octanol–water partition coefficient (Wildman–Crippen LogP) is 3.99. The van der Waals surface area contributed by atoms with Crippen LogP contribution in [-0.4, -0.2) is 42.4 Å². The first-order valence-electron chi connectivity index (χ1n) is 8.37. The summed E-state index contributed by atoms with van der Waals surface area (Å²) in [5.41, 5.74) is 0.132. The van der Waals surface area contributed by atoms with Gasteiger partial charge in [-0.2, -0.15) is 13.2 Å². The smallest absolute Gasteiger partial charge is 0.417 e. The largest absolute Gasteiger partial charge is 0.470 e. The maximum absolute atomic E-state index is 12.6. The fourth-order valence-electron chi connectivity index (χ4n) is 2.81. The molecule has 27 heavy (non-hydrogen) atoms. The zero-order valence-corrected chi connectivity index (χ0v) is 15.0. The molecule has 0 spiro atoms. The Kier molecular flexibility index (Phi) is 4.88. The van der Waals surface area contributed by atoms with Crippen molar-refractivity contribution in [2.75, 3.05) is 31.2 Å². The highest BCUT2D eigenvalue weighted by atomic mass is 32.1. The molecular formula is C18H16F3N3O2S. The maximum Gasteiger partial charge on any atom is 0.417 e. The van der Waals surface area contributed by atoms with Crippen molar-refractivity contribution in [3.8, 4) is 5.88 Å². The third-order valence-corrected chi connectivity index (χ3v) is 5.23. The monoisotopic (exact) mass is 395 g/mol. The lowest BCUT2D eigenvalue weighted by molar-refractivity contribution is -0.137. The van der Waals surface area contributed by atoms with Gasteiger partial charge in [-0.15, -0.1) is 0 Å². The first-order chi connectivity index (χ1) is 13.0. The van der Waals surface area contributed by atoms with E-state index in [4.69, 9.17) is 9.47 Å². The highest BCUT2D eigenvalue weighted by Gasteiger charge is 2.31. The van der Waals surface area contributed by atoms with Crippen LogP contribution < -0.4 is 9.64 Å². The molecule has 1 aliphatic heterocycles. The summed E-state index contributed by atoms with van der Waals surface area (Å²) in [6.45, 7) is 2.04. The highest BCUT2D eigenvalue weighted by Crippen LogP contribution is 2.31. The molecule has 9 heteroatoms. The van der Waals surface area contributed by atoms with Crippen LogP contribution in [0.1, 0.15) is 5.56 Å². The Morgan fingerprint density at radius 1 is 1.19 bits per heavy atom. The van der Waals surface area contributed by atoms with E-state index in [2.05, 4.69) is 14.9 Å². The molecule has 4 rings (SSSR count). The van der Waals surface area contributed by atoms with Gasteiger partial charge in [-0.1, -0.05) is 23.5 Å². The number of pyridine rings is 1. The Balaban J connectivity index is 1.48. The van der Waals surface area contributed by atoms with Crippen molar-refractivity contribution in [1.82, 2.24) is 9.97 Å². The van der Waals surface area contributed by atoms with Gasteiger partial charge in [0.05, 0.1) is 35.5 Å². The molecule has 0 saturated carbocycles. The SMILES string of the molecule is FC(F)(F)c1ccc(O[C@H]2COCCN(c3nc4ccccc4s3)C2)nc1. The molecule has 1 aliphatic rings. The van der Waals surface area contributed by atoms with Gasteiger partial charge in [-0.3, -0.25) is 0 Å². The summed E-state index contributed by atoms with van der Waals surface area (Å²) in [4.78, 5) is 10.5. The second-order valence-electron chi connectivity index (χ2n) is 6.11. The molecular weight excluding hydrogens is 379 g/mol. The van der Waals surface area contributed by atoms with Crippen molar-refractivity contribution < 1.29 is 22.6 Å². The van der Waals surface area contributed by atoms with Gasteiger partial charge in [0.1, 0.15) is 6.10 Å². The van der Waals surface area contributed by atoms with E-state index in [0.717, 1.165) is 27.6 Å². The Labute approximate surface area is 157 Å². The number of halogens is 3. The third kappa shape index (κ3) is 4.14. The van der Waals surface area contributed by atoms with E-state index in [1.807, 2.05) is 24.3 Å². The normalized spacial score (nSPS) is 18.5. The molecule has 1 fully saturated rings. The van der Waals surface area contributed by atoms with Crippen molar-refractivity contribution in [1.29, 1.82) is 0 Å². The minimum absolute atomic E-state index is 0.141. The van der Waals surface area contributed by atoms with Gasteiger partial charge in [0.15, 0.2) is 5.13 Å². The molecule has 1 aromatic carbocycles. The molecule has 3 heterocycles. The van der Waals surface area contributed by atoms with Gasteiger partial charge in [0, 0.05) is 18.8 Å². The highest BCUT2D eigenvalue weighted by molar-refractivity contribution is 7.22. The molecule has 3 aromatic rings. The number of fused-ring (bicyclic) bond motifs is 1. The predicted molar refractivity (Wildman–Crippen MR) is 96.3 cm³/mol. The van der Waals surface area contributed by atoms with Crippen LogP contribution in [-0.2, 0) is 10.9 Å². The Hall–Kier alpha value is -2.39. The van der Waals surface area contributed by atoms with Crippen LogP contribution in [0.25, 0.3) is 10.2 Å². The van der Waals surface area contributed by atoms with Gasteiger partial charge < -0.3 is 14.4 Å². The van der Waals surface area contributed by atoms with Crippen LogP contribution in [0.5, 0.6) is 5.88 Å². The fourth-order valence-corrected chi connectivity index (χ4v) is 3.81. The van der Waals surface area contributed by atoms with Crippen LogP contribution in [0.3, 0.4) is 0 Å². The van der Waals surface area contributed by atoms with E-state index >= 15 is 0 Å². The van der Waals surface area contributed by atoms with Crippen molar-refractivity contribution in [3.05, 3.63) is 48.2 Å². The molecule has 0 unspecified atom stereocenters. The Morgan fingerprint density at radius 2 is 2.04 bits per heavy atom. The number of thiazole rings is 1. The lowest BCUT2D eigenvalue weighted by Crippen LogP contribution is -2.36. The zero-order valence-electron chi connectivity index (χ0n) is 14.1. The molecule has 0 radical (unpaired) electrons. The molecule has 5 nitrogen and oxygen atoms in total. The lowest BCUT2D eigenvalue weighted by Gasteiger charge is -2.23. The number of aromatic nitrogens is 2. The molecule has 0 aliphatic carbocycles. The summed E-state index contributed by atoms with van der Waals surface area (Å²) in [5, 5.41) is 0.871. The van der Waals surface area contributed by atoms with Gasteiger partial charge in [0.2, 0.25) is 5.88 Å². The number of alkyl halides is 3. The average Bonchev–Trinajstić information content (AvgIpc) is 2.94. The average molecular weight is 395 g/mol. The number of nitrogens with zero attached hydrogens (tertiary/aromatic N) is 3. The number of hydrogen-bond acceptors (Lipinski definition) is 6. The number of benzene rings is 1.